The van der Waals surface area contributed by atoms with E-state index in [1.165, 1.54) is 5.69 Å². The molecule has 25 heavy (non-hydrogen) atoms. The van der Waals surface area contributed by atoms with Crippen molar-refractivity contribution >= 4 is 30.7 Å². The Labute approximate surface area is 161 Å². The van der Waals surface area contributed by atoms with Crippen LogP contribution in [0.3, 0.4) is 0 Å². The van der Waals surface area contributed by atoms with Crippen LogP contribution in [0, 0.1) is 0 Å². The maximum Gasteiger partial charge on any atom is 0.239 e. The molecule has 1 amide bonds. The van der Waals surface area contributed by atoms with Crippen molar-refractivity contribution in [3.05, 3.63) is 53.9 Å². The van der Waals surface area contributed by atoms with Crippen molar-refractivity contribution in [3.63, 3.8) is 0 Å². The Hall–Kier alpha value is -1.56. The van der Waals surface area contributed by atoms with E-state index >= 15 is 0 Å². The molecular weight excluding hydrogens is 359 g/mol. The van der Waals surface area contributed by atoms with Crippen LogP contribution in [0.1, 0.15) is 30.0 Å². The zero-order valence-corrected chi connectivity index (χ0v) is 16.0. The first-order valence-corrected chi connectivity index (χ1v) is 8.21. The number of likely N-dealkylation sites (tertiary alicyclic amines) is 1. The van der Waals surface area contributed by atoms with Gasteiger partial charge in [0.25, 0.3) is 0 Å². The monoisotopic (exact) mass is 384 g/mol. The normalized spacial score (nSPS) is 15.8. The molecule has 1 aromatic heterocycles. The molecule has 1 aromatic carbocycles. The van der Waals surface area contributed by atoms with E-state index < -0.39 is 6.04 Å². The number of halogens is 2. The lowest BCUT2D eigenvalue weighted by atomic mass is 9.93. The van der Waals surface area contributed by atoms with Gasteiger partial charge in [-0.05, 0) is 30.9 Å². The number of carbonyl (C=O) groups excluding carboxylic acids is 1. The fraction of sp³-hybridized carbons (Fsp3) is 0.444. The molecule has 2 heterocycles. The smallest absolute Gasteiger partial charge is 0.239 e. The fourth-order valence-corrected chi connectivity index (χ4v) is 3.37. The van der Waals surface area contributed by atoms with Gasteiger partial charge in [0, 0.05) is 37.9 Å². The lowest BCUT2D eigenvalue weighted by Gasteiger charge is -2.33. The van der Waals surface area contributed by atoms with E-state index in [0.29, 0.717) is 12.3 Å². The molecule has 0 bridgehead atoms. The standard InChI is InChI=1S/C18H24N4O.2ClH/c1-21-17(7-10-20-21)15-8-11-22(12-9-15)18(23)16(19)13-14-5-3-2-4-6-14;;/h2-7,10,15-16H,8-9,11-13,19H2,1H3;2*1H/t16-;;/m0../s1. The molecule has 2 aromatic rings. The second-order valence-corrected chi connectivity index (χ2v) is 6.28. The molecule has 0 spiro atoms. The number of nitrogens with two attached hydrogens (primary N) is 1. The van der Waals surface area contributed by atoms with Crippen LogP contribution < -0.4 is 5.73 Å². The van der Waals surface area contributed by atoms with E-state index in [1.54, 1.807) is 0 Å². The summed E-state index contributed by atoms with van der Waals surface area (Å²) in [6.45, 7) is 1.55. The summed E-state index contributed by atoms with van der Waals surface area (Å²) in [6.07, 6.45) is 4.39. The van der Waals surface area contributed by atoms with Gasteiger partial charge in [-0.25, -0.2) is 0 Å². The highest BCUT2D eigenvalue weighted by Crippen LogP contribution is 2.27. The predicted octanol–water partition coefficient (Wildman–Crippen LogP) is 2.54. The quantitative estimate of drug-likeness (QED) is 0.880. The molecular formula is C18H26Cl2N4O. The first kappa shape index (κ1) is 21.5. The molecule has 0 saturated carbocycles. The van der Waals surface area contributed by atoms with Gasteiger partial charge < -0.3 is 10.6 Å². The number of amides is 1. The topological polar surface area (TPSA) is 64.2 Å². The highest BCUT2D eigenvalue weighted by molar-refractivity contribution is 5.85. The molecule has 0 aliphatic carbocycles. The molecule has 0 radical (unpaired) electrons. The minimum atomic E-state index is -0.453. The summed E-state index contributed by atoms with van der Waals surface area (Å²) < 4.78 is 1.93. The van der Waals surface area contributed by atoms with Gasteiger partial charge in [-0.1, -0.05) is 30.3 Å². The molecule has 7 heteroatoms. The third-order valence-electron chi connectivity index (χ3n) is 4.70. The molecule has 1 saturated heterocycles. The molecule has 138 valence electrons. The maximum atomic E-state index is 12.5. The fourth-order valence-electron chi connectivity index (χ4n) is 3.37. The van der Waals surface area contributed by atoms with E-state index in [1.807, 2.05) is 53.2 Å². The Balaban J connectivity index is 0.00000156. The van der Waals surface area contributed by atoms with E-state index in [0.717, 1.165) is 31.5 Å². The van der Waals surface area contributed by atoms with Gasteiger partial charge in [0.2, 0.25) is 5.91 Å². The number of nitrogens with zero attached hydrogens (tertiary/aromatic N) is 3. The summed E-state index contributed by atoms with van der Waals surface area (Å²) in [7, 11) is 1.97. The summed E-state index contributed by atoms with van der Waals surface area (Å²) in [4.78, 5) is 14.5. The lowest BCUT2D eigenvalue weighted by Crippen LogP contribution is -2.47. The third kappa shape index (κ3) is 5.21. The van der Waals surface area contributed by atoms with Crippen LogP contribution in [-0.2, 0) is 18.3 Å². The summed E-state index contributed by atoms with van der Waals surface area (Å²) in [5.41, 5.74) is 8.49. The van der Waals surface area contributed by atoms with Crippen LogP contribution in [0.25, 0.3) is 0 Å². The van der Waals surface area contributed by atoms with Crippen molar-refractivity contribution in [2.75, 3.05) is 13.1 Å². The van der Waals surface area contributed by atoms with Crippen molar-refractivity contribution in [2.45, 2.75) is 31.2 Å². The van der Waals surface area contributed by atoms with Crippen molar-refractivity contribution in [2.24, 2.45) is 12.8 Å². The Bertz CT molecular complexity index is 654. The second kappa shape index (κ2) is 9.80. The molecule has 5 nitrogen and oxygen atoms in total. The molecule has 1 fully saturated rings. The number of benzene rings is 1. The first-order chi connectivity index (χ1) is 11.1. The van der Waals surface area contributed by atoms with Gasteiger partial charge >= 0.3 is 0 Å². The molecule has 2 N–H and O–H groups in total. The molecule has 1 atom stereocenters. The Morgan fingerprint density at radius 2 is 1.84 bits per heavy atom. The molecule has 1 aliphatic rings. The average Bonchev–Trinajstić information content (AvgIpc) is 3.01. The van der Waals surface area contributed by atoms with Gasteiger partial charge in [0.15, 0.2) is 0 Å². The minimum absolute atomic E-state index is 0. The van der Waals surface area contributed by atoms with Gasteiger partial charge in [0.1, 0.15) is 0 Å². The van der Waals surface area contributed by atoms with Crippen molar-refractivity contribution < 1.29 is 4.79 Å². The van der Waals surface area contributed by atoms with Crippen LogP contribution >= 0.6 is 24.8 Å². The van der Waals surface area contributed by atoms with Crippen LogP contribution in [-0.4, -0.2) is 39.7 Å². The summed E-state index contributed by atoms with van der Waals surface area (Å²) in [5, 5.41) is 4.24. The SMILES string of the molecule is Cl.Cl.Cn1nccc1C1CCN(C(=O)[C@@H](N)Cc2ccccc2)CC1. The summed E-state index contributed by atoms with van der Waals surface area (Å²) in [6, 6.07) is 11.6. The number of carbonyl (C=O) groups is 1. The van der Waals surface area contributed by atoms with Gasteiger partial charge in [-0.2, -0.15) is 5.10 Å². The highest BCUT2D eigenvalue weighted by atomic mass is 35.5. The van der Waals surface area contributed by atoms with Crippen LogP contribution in [0.15, 0.2) is 42.6 Å². The number of aromatic nitrogens is 2. The van der Waals surface area contributed by atoms with Crippen molar-refractivity contribution in [3.8, 4) is 0 Å². The Morgan fingerprint density at radius 3 is 2.40 bits per heavy atom. The molecule has 1 aliphatic heterocycles. The van der Waals surface area contributed by atoms with Gasteiger partial charge in [-0.3, -0.25) is 9.48 Å². The zero-order valence-electron chi connectivity index (χ0n) is 14.4. The Kier molecular flexibility index (Phi) is 8.42. The number of hydrogen-bond donors (Lipinski definition) is 1. The lowest BCUT2D eigenvalue weighted by molar-refractivity contribution is -0.133. The molecule has 3 rings (SSSR count). The van der Waals surface area contributed by atoms with Crippen LogP contribution in [0.4, 0.5) is 0 Å². The van der Waals surface area contributed by atoms with E-state index in [9.17, 15) is 4.79 Å². The number of aryl methyl sites for hydroxylation is 1. The number of piperidine rings is 1. The average molecular weight is 385 g/mol. The molecule has 0 unspecified atom stereocenters. The van der Waals surface area contributed by atoms with Crippen LogP contribution in [0.2, 0.25) is 0 Å². The number of rotatable bonds is 4. The first-order valence-electron chi connectivity index (χ1n) is 8.21. The van der Waals surface area contributed by atoms with Crippen molar-refractivity contribution in [1.82, 2.24) is 14.7 Å². The minimum Gasteiger partial charge on any atom is -0.341 e. The van der Waals surface area contributed by atoms with E-state index in [2.05, 4.69) is 11.2 Å². The third-order valence-corrected chi connectivity index (χ3v) is 4.70. The summed E-state index contributed by atoms with van der Waals surface area (Å²) in [5.74, 6) is 0.550. The highest BCUT2D eigenvalue weighted by Gasteiger charge is 2.28. The number of hydrogen-bond acceptors (Lipinski definition) is 3. The Morgan fingerprint density at radius 1 is 1.20 bits per heavy atom. The van der Waals surface area contributed by atoms with Gasteiger partial charge in [-0.15, -0.1) is 24.8 Å². The summed E-state index contributed by atoms with van der Waals surface area (Å²) >= 11 is 0. The van der Waals surface area contributed by atoms with E-state index in [-0.39, 0.29) is 30.7 Å². The van der Waals surface area contributed by atoms with Crippen LogP contribution in [0.5, 0.6) is 0 Å². The second-order valence-electron chi connectivity index (χ2n) is 6.28. The largest absolute Gasteiger partial charge is 0.341 e. The predicted molar refractivity (Wildman–Crippen MR) is 104 cm³/mol. The zero-order chi connectivity index (χ0) is 16.2. The van der Waals surface area contributed by atoms with Crippen molar-refractivity contribution in [1.29, 1.82) is 0 Å². The maximum absolute atomic E-state index is 12.5. The van der Waals surface area contributed by atoms with E-state index in [4.69, 9.17) is 5.73 Å². The van der Waals surface area contributed by atoms with Gasteiger partial charge in [0.05, 0.1) is 6.04 Å².